The largest absolute Gasteiger partial charge is 0.382 e. The van der Waals surface area contributed by atoms with Crippen LogP contribution in [0.25, 0.3) is 16.6 Å². The summed E-state index contributed by atoms with van der Waals surface area (Å²) in [6.07, 6.45) is 4.10. The molecule has 6 heteroatoms. The van der Waals surface area contributed by atoms with Crippen molar-refractivity contribution < 1.29 is 4.79 Å². The summed E-state index contributed by atoms with van der Waals surface area (Å²) in [7, 11) is 0. The van der Waals surface area contributed by atoms with Crippen molar-refractivity contribution in [2.75, 3.05) is 5.73 Å². The van der Waals surface area contributed by atoms with Gasteiger partial charge in [-0.1, -0.05) is 24.3 Å². The molecule has 3 aromatic heterocycles. The molecule has 4 rings (SSSR count). The van der Waals surface area contributed by atoms with Crippen molar-refractivity contribution in [1.82, 2.24) is 14.4 Å². The summed E-state index contributed by atoms with van der Waals surface area (Å²) in [5, 5.41) is 1.08. The molecule has 1 atom stereocenters. The fourth-order valence-corrected chi connectivity index (χ4v) is 3.06. The number of carbonyl (C=O) groups is 1. The number of anilines is 1. The van der Waals surface area contributed by atoms with Crippen LogP contribution >= 0.6 is 0 Å². The average Bonchev–Trinajstić information content (AvgIpc) is 3.14. The van der Waals surface area contributed by atoms with Crippen LogP contribution in [0.15, 0.2) is 54.9 Å². The quantitative estimate of drug-likeness (QED) is 0.501. The third-order valence-corrected chi connectivity index (χ3v) is 4.24. The number of benzene rings is 1. The number of rotatable bonds is 4. The van der Waals surface area contributed by atoms with Crippen LogP contribution in [0.2, 0.25) is 0 Å². The molecule has 0 fully saturated rings. The first-order valence-corrected chi connectivity index (χ1v) is 7.72. The van der Waals surface area contributed by atoms with Gasteiger partial charge in [0, 0.05) is 23.3 Å². The number of aromatic amines is 1. The lowest BCUT2D eigenvalue weighted by atomic mass is 10.0. The number of hydrogen-bond donors (Lipinski definition) is 3. The Kier molecular flexibility index (Phi) is 3.32. The first-order valence-electron chi connectivity index (χ1n) is 7.72. The Labute approximate surface area is 138 Å². The lowest BCUT2D eigenvalue weighted by molar-refractivity contribution is 0.0956. The number of nitrogens with zero attached hydrogens (tertiary/aromatic N) is 2. The topological polar surface area (TPSA) is 102 Å². The molecule has 0 aliphatic carbocycles. The summed E-state index contributed by atoms with van der Waals surface area (Å²) in [5.41, 5.74) is 15.2. The van der Waals surface area contributed by atoms with Gasteiger partial charge in [-0.2, -0.15) is 0 Å². The van der Waals surface area contributed by atoms with Gasteiger partial charge < -0.3 is 16.5 Å². The number of aromatic nitrogens is 3. The molecule has 0 amide bonds. The highest BCUT2D eigenvalue weighted by Crippen LogP contribution is 2.21. The molecule has 0 saturated heterocycles. The smallest absolute Gasteiger partial charge is 0.200 e. The SMILES string of the molecule is Nc1nc2ccccn2c1C(=O)[C@@H](N)Cc1c[nH]c2ccccc12. The second kappa shape index (κ2) is 5.50. The van der Waals surface area contributed by atoms with E-state index in [1.54, 1.807) is 16.7 Å². The molecule has 0 spiro atoms. The second-order valence-electron chi connectivity index (χ2n) is 5.81. The number of nitrogens with one attached hydrogen (secondary N) is 1. The lowest BCUT2D eigenvalue weighted by Crippen LogP contribution is -2.34. The first kappa shape index (κ1) is 14.5. The normalized spacial score (nSPS) is 12.7. The van der Waals surface area contributed by atoms with Gasteiger partial charge in [-0.3, -0.25) is 9.20 Å². The molecule has 5 N–H and O–H groups in total. The summed E-state index contributed by atoms with van der Waals surface area (Å²) < 4.78 is 1.69. The number of fused-ring (bicyclic) bond motifs is 2. The van der Waals surface area contributed by atoms with E-state index >= 15 is 0 Å². The molecule has 0 unspecified atom stereocenters. The number of hydrogen-bond acceptors (Lipinski definition) is 4. The first-order chi connectivity index (χ1) is 11.6. The van der Waals surface area contributed by atoms with E-state index in [0.29, 0.717) is 17.8 Å². The monoisotopic (exact) mass is 319 g/mol. The zero-order valence-electron chi connectivity index (χ0n) is 12.9. The molecular formula is C18H17N5O. The summed E-state index contributed by atoms with van der Waals surface area (Å²) in [6.45, 7) is 0. The molecular weight excluding hydrogens is 302 g/mol. The van der Waals surface area contributed by atoms with E-state index in [2.05, 4.69) is 9.97 Å². The Hall–Kier alpha value is -3.12. The Morgan fingerprint density at radius 3 is 2.88 bits per heavy atom. The zero-order valence-corrected chi connectivity index (χ0v) is 12.9. The number of ketones is 1. The van der Waals surface area contributed by atoms with E-state index in [4.69, 9.17) is 11.5 Å². The molecule has 0 radical (unpaired) electrons. The van der Waals surface area contributed by atoms with Gasteiger partial charge in [-0.25, -0.2) is 4.98 Å². The van der Waals surface area contributed by atoms with Crippen molar-refractivity contribution >= 4 is 28.2 Å². The third-order valence-electron chi connectivity index (χ3n) is 4.24. The van der Waals surface area contributed by atoms with Crippen LogP contribution in [0.3, 0.4) is 0 Å². The fourth-order valence-electron chi connectivity index (χ4n) is 3.06. The van der Waals surface area contributed by atoms with Gasteiger partial charge >= 0.3 is 0 Å². The fraction of sp³-hybridized carbons (Fsp3) is 0.111. The second-order valence-corrected chi connectivity index (χ2v) is 5.81. The Bertz CT molecular complexity index is 1050. The molecule has 0 aliphatic heterocycles. The number of para-hydroxylation sites is 1. The van der Waals surface area contributed by atoms with Crippen LogP contribution in [0.5, 0.6) is 0 Å². The van der Waals surface area contributed by atoms with Crippen LogP contribution in [-0.2, 0) is 6.42 Å². The summed E-state index contributed by atoms with van der Waals surface area (Å²) >= 11 is 0. The minimum absolute atomic E-state index is 0.209. The van der Waals surface area contributed by atoms with E-state index in [-0.39, 0.29) is 11.6 Å². The predicted molar refractivity (Wildman–Crippen MR) is 93.9 cm³/mol. The van der Waals surface area contributed by atoms with Gasteiger partial charge in [0.25, 0.3) is 0 Å². The maximum absolute atomic E-state index is 12.8. The van der Waals surface area contributed by atoms with E-state index in [1.807, 2.05) is 42.6 Å². The summed E-state index contributed by atoms with van der Waals surface area (Å²) in [4.78, 5) is 20.2. The number of carbonyl (C=O) groups excluding carboxylic acids is 1. The number of H-pyrrole nitrogens is 1. The maximum Gasteiger partial charge on any atom is 0.200 e. The van der Waals surface area contributed by atoms with Gasteiger partial charge in [0.05, 0.1) is 6.04 Å². The maximum atomic E-state index is 12.8. The van der Waals surface area contributed by atoms with Crippen LogP contribution in [-0.4, -0.2) is 26.2 Å². The third kappa shape index (κ3) is 2.24. The number of nitrogens with two attached hydrogens (primary N) is 2. The summed E-state index contributed by atoms with van der Waals surface area (Å²) in [6, 6.07) is 12.7. The van der Waals surface area contributed by atoms with Crippen molar-refractivity contribution in [1.29, 1.82) is 0 Å². The van der Waals surface area contributed by atoms with Crippen molar-refractivity contribution in [3.63, 3.8) is 0 Å². The number of imidazole rings is 1. The molecule has 0 saturated carbocycles. The zero-order chi connectivity index (χ0) is 16.7. The standard InChI is InChI=1S/C18H17N5O/c19-13(9-11-10-21-14-6-2-1-5-12(11)14)17(24)16-18(20)22-15-7-3-4-8-23(15)16/h1-8,10,13,21H,9,19-20H2/t13-/m0/s1. The Morgan fingerprint density at radius 2 is 2.00 bits per heavy atom. The van der Waals surface area contributed by atoms with E-state index in [1.165, 1.54) is 0 Å². The van der Waals surface area contributed by atoms with Crippen LogP contribution in [0.1, 0.15) is 16.1 Å². The van der Waals surface area contributed by atoms with Gasteiger partial charge in [-0.15, -0.1) is 0 Å². The molecule has 0 aliphatic rings. The van der Waals surface area contributed by atoms with Gasteiger partial charge in [0.1, 0.15) is 11.3 Å². The van der Waals surface area contributed by atoms with Crippen LogP contribution < -0.4 is 11.5 Å². The Morgan fingerprint density at radius 1 is 1.21 bits per heavy atom. The van der Waals surface area contributed by atoms with E-state index in [9.17, 15) is 4.79 Å². The van der Waals surface area contributed by atoms with Crippen molar-refractivity contribution in [3.8, 4) is 0 Å². The van der Waals surface area contributed by atoms with Crippen molar-refractivity contribution in [2.45, 2.75) is 12.5 Å². The highest BCUT2D eigenvalue weighted by molar-refractivity contribution is 6.03. The average molecular weight is 319 g/mol. The van der Waals surface area contributed by atoms with Gasteiger partial charge in [0.15, 0.2) is 11.6 Å². The molecule has 120 valence electrons. The molecule has 6 nitrogen and oxygen atoms in total. The predicted octanol–water partition coefficient (Wildman–Crippen LogP) is 2.15. The van der Waals surface area contributed by atoms with E-state index < -0.39 is 6.04 Å². The molecule has 1 aromatic carbocycles. The number of pyridine rings is 1. The molecule has 24 heavy (non-hydrogen) atoms. The molecule has 3 heterocycles. The summed E-state index contributed by atoms with van der Waals surface area (Å²) in [5.74, 6) is -0.00272. The van der Waals surface area contributed by atoms with Crippen molar-refractivity contribution in [3.05, 3.63) is 66.1 Å². The molecule has 0 bridgehead atoms. The van der Waals surface area contributed by atoms with Crippen LogP contribution in [0.4, 0.5) is 5.82 Å². The highest BCUT2D eigenvalue weighted by atomic mass is 16.1. The number of Topliss-reactive ketones (excluding diaryl/α,β-unsaturated/α-hetero) is 1. The minimum Gasteiger partial charge on any atom is -0.382 e. The Balaban J connectivity index is 1.67. The lowest BCUT2D eigenvalue weighted by Gasteiger charge is -2.10. The van der Waals surface area contributed by atoms with Gasteiger partial charge in [-0.05, 0) is 30.2 Å². The van der Waals surface area contributed by atoms with Gasteiger partial charge in [0.2, 0.25) is 0 Å². The molecule has 4 aromatic rings. The van der Waals surface area contributed by atoms with Crippen LogP contribution in [0, 0.1) is 0 Å². The van der Waals surface area contributed by atoms with Crippen molar-refractivity contribution in [2.24, 2.45) is 5.73 Å². The highest BCUT2D eigenvalue weighted by Gasteiger charge is 2.24. The van der Waals surface area contributed by atoms with E-state index in [0.717, 1.165) is 16.5 Å². The minimum atomic E-state index is -0.688. The number of nitrogen functional groups attached to an aromatic ring is 1.